The molecule has 1 nitrogen and oxygen atoms in total. The van der Waals surface area contributed by atoms with E-state index in [0.29, 0.717) is 21.5 Å². The lowest BCUT2D eigenvalue weighted by atomic mass is 9.77. The molecule has 20 heavy (non-hydrogen) atoms. The van der Waals surface area contributed by atoms with Gasteiger partial charge in [-0.25, -0.2) is 0 Å². The molecule has 1 aliphatic carbocycles. The van der Waals surface area contributed by atoms with E-state index in [2.05, 4.69) is 6.07 Å². The zero-order valence-corrected chi connectivity index (χ0v) is 12.4. The maximum Gasteiger partial charge on any atom is 0.194 e. The molecule has 0 amide bonds. The molecule has 0 spiro atoms. The third-order valence-corrected chi connectivity index (χ3v) is 4.47. The van der Waals surface area contributed by atoms with Crippen LogP contribution in [0, 0.1) is 0 Å². The van der Waals surface area contributed by atoms with E-state index in [1.54, 1.807) is 18.2 Å². The Balaban J connectivity index is 2.02. The van der Waals surface area contributed by atoms with Crippen LogP contribution in [-0.4, -0.2) is 5.78 Å². The molecule has 102 valence electrons. The highest BCUT2D eigenvalue weighted by molar-refractivity contribution is 6.37. The summed E-state index contributed by atoms with van der Waals surface area (Å²) in [6.07, 6.45) is 3.58. The predicted octanol–water partition coefficient (Wildman–Crippen LogP) is 5.49. The maximum absolute atomic E-state index is 12.7. The second-order valence-electron chi connectivity index (χ2n) is 5.17. The Morgan fingerprint density at radius 3 is 2.40 bits per heavy atom. The second kappa shape index (κ2) is 5.59. The Bertz CT molecular complexity index is 660. The van der Waals surface area contributed by atoms with Gasteiger partial charge in [-0.1, -0.05) is 53.9 Å². The number of rotatable bonds is 3. The van der Waals surface area contributed by atoms with Crippen LogP contribution in [-0.2, 0) is 0 Å². The van der Waals surface area contributed by atoms with Crippen molar-refractivity contribution in [3.05, 3.63) is 69.2 Å². The topological polar surface area (TPSA) is 17.1 Å². The zero-order chi connectivity index (χ0) is 14.1. The first-order valence-electron chi connectivity index (χ1n) is 6.75. The van der Waals surface area contributed by atoms with Gasteiger partial charge in [0.2, 0.25) is 0 Å². The van der Waals surface area contributed by atoms with Gasteiger partial charge >= 0.3 is 0 Å². The SMILES string of the molecule is O=C(c1ccc(Cl)cc1Cl)c1ccccc1C1CCC1. The van der Waals surface area contributed by atoms with Crippen molar-refractivity contribution in [3.8, 4) is 0 Å². The number of halogens is 2. The lowest BCUT2D eigenvalue weighted by Crippen LogP contribution is -2.14. The van der Waals surface area contributed by atoms with Crippen molar-refractivity contribution in [3.63, 3.8) is 0 Å². The van der Waals surface area contributed by atoms with Crippen LogP contribution in [0.4, 0.5) is 0 Å². The molecule has 0 radical (unpaired) electrons. The molecule has 3 heteroatoms. The summed E-state index contributed by atoms with van der Waals surface area (Å²) in [5.41, 5.74) is 2.43. The number of hydrogen-bond donors (Lipinski definition) is 0. The maximum atomic E-state index is 12.7. The molecule has 0 aliphatic heterocycles. The molecule has 0 saturated heterocycles. The minimum Gasteiger partial charge on any atom is -0.289 e. The van der Waals surface area contributed by atoms with Crippen molar-refractivity contribution in [2.24, 2.45) is 0 Å². The van der Waals surface area contributed by atoms with Gasteiger partial charge in [-0.15, -0.1) is 0 Å². The summed E-state index contributed by atoms with van der Waals surface area (Å²) >= 11 is 12.0. The van der Waals surface area contributed by atoms with Gasteiger partial charge in [0.1, 0.15) is 0 Å². The molecule has 1 fully saturated rings. The normalized spacial score (nSPS) is 14.9. The monoisotopic (exact) mass is 304 g/mol. The van der Waals surface area contributed by atoms with Crippen molar-refractivity contribution < 1.29 is 4.79 Å². The lowest BCUT2D eigenvalue weighted by Gasteiger charge is -2.27. The van der Waals surface area contributed by atoms with Crippen LogP contribution in [0.1, 0.15) is 46.7 Å². The molecule has 0 bridgehead atoms. The van der Waals surface area contributed by atoms with Gasteiger partial charge in [-0.3, -0.25) is 4.79 Å². The molecule has 2 aromatic carbocycles. The fourth-order valence-corrected chi connectivity index (χ4v) is 3.09. The predicted molar refractivity (Wildman–Crippen MR) is 82.9 cm³/mol. The summed E-state index contributed by atoms with van der Waals surface area (Å²) in [7, 11) is 0. The van der Waals surface area contributed by atoms with Crippen LogP contribution in [0.2, 0.25) is 10.0 Å². The first kappa shape index (κ1) is 13.7. The van der Waals surface area contributed by atoms with E-state index < -0.39 is 0 Å². The van der Waals surface area contributed by atoms with E-state index in [1.807, 2.05) is 18.2 Å². The van der Waals surface area contributed by atoms with E-state index in [0.717, 1.165) is 11.1 Å². The smallest absolute Gasteiger partial charge is 0.194 e. The number of benzene rings is 2. The molecule has 0 aromatic heterocycles. The summed E-state index contributed by atoms with van der Waals surface area (Å²) in [4.78, 5) is 12.7. The van der Waals surface area contributed by atoms with Gasteiger partial charge in [0.15, 0.2) is 5.78 Å². The summed E-state index contributed by atoms with van der Waals surface area (Å²) in [5.74, 6) is 0.496. The first-order valence-corrected chi connectivity index (χ1v) is 7.51. The number of hydrogen-bond acceptors (Lipinski definition) is 1. The van der Waals surface area contributed by atoms with E-state index in [4.69, 9.17) is 23.2 Å². The van der Waals surface area contributed by atoms with Crippen LogP contribution >= 0.6 is 23.2 Å². The third kappa shape index (κ3) is 2.48. The van der Waals surface area contributed by atoms with Gasteiger partial charge < -0.3 is 0 Å². The highest BCUT2D eigenvalue weighted by Gasteiger charge is 2.25. The summed E-state index contributed by atoms with van der Waals surface area (Å²) in [5, 5.41) is 0.949. The summed E-state index contributed by atoms with van der Waals surface area (Å²) in [6.45, 7) is 0. The molecule has 0 N–H and O–H groups in total. The van der Waals surface area contributed by atoms with Crippen molar-refractivity contribution in [1.82, 2.24) is 0 Å². The molecule has 0 unspecified atom stereocenters. The Morgan fingerprint density at radius 1 is 1.00 bits per heavy atom. The van der Waals surface area contributed by atoms with Gasteiger partial charge in [0.05, 0.1) is 5.02 Å². The van der Waals surface area contributed by atoms with E-state index in [9.17, 15) is 4.79 Å². The average Bonchev–Trinajstić information content (AvgIpc) is 2.37. The van der Waals surface area contributed by atoms with Crippen LogP contribution < -0.4 is 0 Å². The fraction of sp³-hybridized carbons (Fsp3) is 0.235. The standard InChI is InChI=1S/C17H14Cl2O/c18-12-8-9-15(16(19)10-12)17(20)14-7-2-1-6-13(14)11-4-3-5-11/h1-2,6-11H,3-5H2. The van der Waals surface area contributed by atoms with Crippen LogP contribution in [0.3, 0.4) is 0 Å². The van der Waals surface area contributed by atoms with Gasteiger partial charge in [0.25, 0.3) is 0 Å². The van der Waals surface area contributed by atoms with Crippen molar-refractivity contribution in [1.29, 1.82) is 0 Å². The lowest BCUT2D eigenvalue weighted by molar-refractivity contribution is 0.103. The second-order valence-corrected chi connectivity index (χ2v) is 6.01. The number of carbonyl (C=O) groups is 1. The van der Waals surface area contributed by atoms with Crippen LogP contribution in [0.15, 0.2) is 42.5 Å². The molecule has 1 aliphatic rings. The van der Waals surface area contributed by atoms with Gasteiger partial charge in [0, 0.05) is 16.1 Å². The Kier molecular flexibility index (Phi) is 3.82. The van der Waals surface area contributed by atoms with E-state index in [1.165, 1.54) is 19.3 Å². The molecule has 2 aromatic rings. The molecule has 3 rings (SSSR count). The largest absolute Gasteiger partial charge is 0.289 e. The Labute approximate surface area is 128 Å². The summed E-state index contributed by atoms with van der Waals surface area (Å²) in [6, 6.07) is 12.9. The fourth-order valence-electron chi connectivity index (χ4n) is 2.60. The minimum atomic E-state index is -0.0193. The summed E-state index contributed by atoms with van der Waals surface area (Å²) < 4.78 is 0. The first-order chi connectivity index (χ1) is 9.66. The zero-order valence-electron chi connectivity index (χ0n) is 10.9. The highest BCUT2D eigenvalue weighted by Crippen LogP contribution is 2.38. The molecule has 1 saturated carbocycles. The quantitative estimate of drug-likeness (QED) is 0.685. The number of carbonyl (C=O) groups excluding carboxylic acids is 1. The minimum absolute atomic E-state index is 0.0193. The van der Waals surface area contributed by atoms with Gasteiger partial charge in [-0.05, 0) is 42.5 Å². The van der Waals surface area contributed by atoms with Crippen LogP contribution in [0.5, 0.6) is 0 Å². The Morgan fingerprint density at radius 2 is 1.75 bits per heavy atom. The van der Waals surface area contributed by atoms with E-state index in [-0.39, 0.29) is 5.78 Å². The van der Waals surface area contributed by atoms with Crippen molar-refractivity contribution >= 4 is 29.0 Å². The average molecular weight is 305 g/mol. The third-order valence-electron chi connectivity index (χ3n) is 3.93. The van der Waals surface area contributed by atoms with Crippen molar-refractivity contribution in [2.75, 3.05) is 0 Å². The molecular formula is C17H14Cl2O. The van der Waals surface area contributed by atoms with E-state index >= 15 is 0 Å². The molecule has 0 heterocycles. The van der Waals surface area contributed by atoms with Gasteiger partial charge in [-0.2, -0.15) is 0 Å². The Hall–Kier alpha value is -1.31. The van der Waals surface area contributed by atoms with Crippen molar-refractivity contribution in [2.45, 2.75) is 25.2 Å². The van der Waals surface area contributed by atoms with Crippen LogP contribution in [0.25, 0.3) is 0 Å². The molecular weight excluding hydrogens is 291 g/mol. The number of ketones is 1. The highest BCUT2D eigenvalue weighted by atomic mass is 35.5. The molecule has 0 atom stereocenters.